The van der Waals surface area contributed by atoms with Gasteiger partial charge in [0.25, 0.3) is 5.91 Å². The molecule has 3 aromatic rings. The highest BCUT2D eigenvalue weighted by molar-refractivity contribution is 6.09. The van der Waals surface area contributed by atoms with E-state index in [1.807, 2.05) is 31.2 Å². The summed E-state index contributed by atoms with van der Waals surface area (Å²) in [6, 6.07) is 18.0. The van der Waals surface area contributed by atoms with Crippen molar-refractivity contribution >= 4 is 17.4 Å². The van der Waals surface area contributed by atoms with Gasteiger partial charge in [0.2, 0.25) is 0 Å². The maximum absolute atomic E-state index is 12.6. The quantitative estimate of drug-likeness (QED) is 0.718. The largest absolute Gasteiger partial charge is 0.321 e. The lowest BCUT2D eigenvalue weighted by molar-refractivity contribution is 0.0994. The zero-order chi connectivity index (χ0) is 17.6. The molecule has 0 unspecified atom stereocenters. The van der Waals surface area contributed by atoms with Gasteiger partial charge in [0.1, 0.15) is 0 Å². The van der Waals surface area contributed by atoms with Gasteiger partial charge in [0, 0.05) is 29.9 Å². The summed E-state index contributed by atoms with van der Waals surface area (Å²) in [7, 11) is 0. The molecule has 4 heteroatoms. The van der Waals surface area contributed by atoms with Gasteiger partial charge in [-0.3, -0.25) is 14.6 Å². The number of anilines is 1. The van der Waals surface area contributed by atoms with Crippen molar-refractivity contribution in [3.05, 3.63) is 95.3 Å². The summed E-state index contributed by atoms with van der Waals surface area (Å²) >= 11 is 0. The van der Waals surface area contributed by atoms with Crippen molar-refractivity contribution in [3.63, 3.8) is 0 Å². The Hall–Kier alpha value is -3.27. The number of hydrogen-bond donors (Lipinski definition) is 1. The zero-order valence-corrected chi connectivity index (χ0v) is 13.9. The minimum atomic E-state index is -0.232. The number of nitrogens with one attached hydrogen (secondary N) is 1. The molecule has 1 amide bonds. The molecule has 0 saturated carbocycles. The number of nitrogens with zero attached hydrogens (tertiary/aromatic N) is 1. The summed E-state index contributed by atoms with van der Waals surface area (Å²) in [6.07, 6.45) is 3.58. The van der Waals surface area contributed by atoms with Crippen molar-refractivity contribution in [3.8, 4) is 0 Å². The second kappa shape index (κ2) is 7.53. The van der Waals surface area contributed by atoms with E-state index in [9.17, 15) is 9.59 Å². The first-order chi connectivity index (χ1) is 12.1. The molecule has 0 bridgehead atoms. The number of para-hydroxylation sites is 1. The third-order valence-electron chi connectivity index (χ3n) is 3.90. The molecule has 0 saturated heterocycles. The van der Waals surface area contributed by atoms with Gasteiger partial charge < -0.3 is 5.32 Å². The van der Waals surface area contributed by atoms with E-state index >= 15 is 0 Å². The monoisotopic (exact) mass is 330 g/mol. The summed E-state index contributed by atoms with van der Waals surface area (Å²) in [5.41, 5.74) is 3.55. The average molecular weight is 330 g/mol. The van der Waals surface area contributed by atoms with Crippen molar-refractivity contribution in [2.24, 2.45) is 0 Å². The summed E-state index contributed by atoms with van der Waals surface area (Å²) in [5.74, 6) is -0.282. The number of carbonyl (C=O) groups excluding carboxylic acids is 2. The van der Waals surface area contributed by atoms with Crippen LogP contribution in [-0.2, 0) is 6.42 Å². The summed E-state index contributed by atoms with van der Waals surface area (Å²) in [6.45, 7) is 1.97. The molecule has 0 atom stereocenters. The molecule has 0 fully saturated rings. The lowest BCUT2D eigenvalue weighted by Gasteiger charge is -2.11. The van der Waals surface area contributed by atoms with E-state index in [2.05, 4.69) is 10.3 Å². The van der Waals surface area contributed by atoms with Crippen LogP contribution in [0.5, 0.6) is 0 Å². The Balaban J connectivity index is 1.79. The summed E-state index contributed by atoms with van der Waals surface area (Å²) < 4.78 is 0. The smallest absolute Gasteiger partial charge is 0.255 e. The van der Waals surface area contributed by atoms with Crippen LogP contribution in [-0.4, -0.2) is 16.7 Å². The Bertz CT molecular complexity index is 887. The molecular formula is C21H18N2O2. The predicted octanol–water partition coefficient (Wildman–Crippen LogP) is 4.07. The highest BCUT2D eigenvalue weighted by Crippen LogP contribution is 2.19. The fourth-order valence-corrected chi connectivity index (χ4v) is 2.52. The van der Waals surface area contributed by atoms with Gasteiger partial charge in [0.05, 0.1) is 5.69 Å². The van der Waals surface area contributed by atoms with E-state index in [4.69, 9.17) is 0 Å². The van der Waals surface area contributed by atoms with Gasteiger partial charge in [-0.1, -0.05) is 29.8 Å². The molecule has 2 aromatic carbocycles. The van der Waals surface area contributed by atoms with E-state index < -0.39 is 0 Å². The van der Waals surface area contributed by atoms with Gasteiger partial charge >= 0.3 is 0 Å². The second-order valence-corrected chi connectivity index (χ2v) is 5.82. The molecule has 1 heterocycles. The summed E-state index contributed by atoms with van der Waals surface area (Å²) in [5, 5.41) is 2.84. The van der Waals surface area contributed by atoms with Gasteiger partial charge in [-0.2, -0.15) is 0 Å². The highest BCUT2D eigenvalue weighted by atomic mass is 16.1. The highest BCUT2D eigenvalue weighted by Gasteiger charge is 2.14. The molecular weight excluding hydrogens is 312 g/mol. The van der Waals surface area contributed by atoms with Crippen LogP contribution in [0.15, 0.2) is 73.1 Å². The van der Waals surface area contributed by atoms with Crippen molar-refractivity contribution in [2.75, 3.05) is 5.32 Å². The van der Waals surface area contributed by atoms with E-state index in [1.54, 1.807) is 48.8 Å². The molecule has 1 N–H and O–H groups in total. The molecule has 0 radical (unpaired) electrons. The van der Waals surface area contributed by atoms with Crippen LogP contribution >= 0.6 is 0 Å². The van der Waals surface area contributed by atoms with Gasteiger partial charge in [-0.25, -0.2) is 0 Å². The van der Waals surface area contributed by atoms with Gasteiger partial charge in [-0.15, -0.1) is 0 Å². The maximum atomic E-state index is 12.6. The van der Waals surface area contributed by atoms with Crippen molar-refractivity contribution in [1.29, 1.82) is 0 Å². The first kappa shape index (κ1) is 16.6. The van der Waals surface area contributed by atoms with Crippen molar-refractivity contribution in [1.82, 2.24) is 4.98 Å². The standard InChI is InChI=1S/C21H18N2O2/c1-15-6-8-17(9-7-15)21(25)23-19-5-3-2-4-18(19)20(24)14-16-10-12-22-13-11-16/h2-13H,14H2,1H3,(H,23,25). The van der Waals surface area contributed by atoms with E-state index in [0.29, 0.717) is 16.8 Å². The number of ketones is 1. The number of carbonyl (C=O) groups is 2. The second-order valence-electron chi connectivity index (χ2n) is 5.82. The number of aryl methyl sites for hydroxylation is 1. The molecule has 4 nitrogen and oxygen atoms in total. The minimum absolute atomic E-state index is 0.0500. The molecule has 1 aromatic heterocycles. The fraction of sp³-hybridized carbons (Fsp3) is 0.0952. The SMILES string of the molecule is Cc1ccc(C(=O)Nc2ccccc2C(=O)Cc2ccncc2)cc1. The van der Waals surface area contributed by atoms with E-state index in [0.717, 1.165) is 11.1 Å². The van der Waals surface area contributed by atoms with Crippen LogP contribution in [0.2, 0.25) is 0 Å². The Morgan fingerprint density at radius 2 is 1.60 bits per heavy atom. The average Bonchev–Trinajstić information content (AvgIpc) is 2.63. The van der Waals surface area contributed by atoms with Crippen LogP contribution in [0.3, 0.4) is 0 Å². The van der Waals surface area contributed by atoms with Crippen LogP contribution in [0.25, 0.3) is 0 Å². The maximum Gasteiger partial charge on any atom is 0.255 e. The Morgan fingerprint density at radius 1 is 0.920 bits per heavy atom. The molecule has 0 spiro atoms. The molecule has 25 heavy (non-hydrogen) atoms. The summed E-state index contributed by atoms with van der Waals surface area (Å²) in [4.78, 5) is 29.0. The Kier molecular flexibility index (Phi) is 5.00. The molecule has 0 aliphatic rings. The van der Waals surface area contributed by atoms with Crippen LogP contribution in [0, 0.1) is 6.92 Å². The lowest BCUT2D eigenvalue weighted by atomic mass is 10.0. The Labute approximate surface area is 146 Å². The first-order valence-electron chi connectivity index (χ1n) is 8.02. The third-order valence-corrected chi connectivity index (χ3v) is 3.90. The number of rotatable bonds is 5. The number of pyridine rings is 1. The topological polar surface area (TPSA) is 59.1 Å². The predicted molar refractivity (Wildman–Crippen MR) is 97.8 cm³/mol. The molecule has 0 aliphatic heterocycles. The van der Waals surface area contributed by atoms with E-state index in [1.165, 1.54) is 0 Å². The van der Waals surface area contributed by atoms with Crippen molar-refractivity contribution < 1.29 is 9.59 Å². The van der Waals surface area contributed by atoms with E-state index in [-0.39, 0.29) is 18.1 Å². The number of Topliss-reactive ketones (excluding diaryl/α,β-unsaturated/α-hetero) is 1. The van der Waals surface area contributed by atoms with Crippen LogP contribution in [0.1, 0.15) is 31.8 Å². The van der Waals surface area contributed by atoms with Crippen LogP contribution < -0.4 is 5.32 Å². The van der Waals surface area contributed by atoms with Crippen molar-refractivity contribution in [2.45, 2.75) is 13.3 Å². The van der Waals surface area contributed by atoms with Gasteiger partial charge in [0.15, 0.2) is 5.78 Å². The Morgan fingerprint density at radius 3 is 2.32 bits per heavy atom. The number of aromatic nitrogens is 1. The fourth-order valence-electron chi connectivity index (χ4n) is 2.52. The molecule has 124 valence electrons. The first-order valence-corrected chi connectivity index (χ1v) is 8.02. The molecule has 0 aliphatic carbocycles. The number of amides is 1. The zero-order valence-electron chi connectivity index (χ0n) is 13.9. The van der Waals surface area contributed by atoms with Crippen LogP contribution in [0.4, 0.5) is 5.69 Å². The normalized spacial score (nSPS) is 10.3. The lowest BCUT2D eigenvalue weighted by Crippen LogP contribution is -2.15. The number of hydrogen-bond acceptors (Lipinski definition) is 3. The van der Waals surface area contributed by atoms with Gasteiger partial charge in [-0.05, 0) is 48.9 Å². The minimum Gasteiger partial charge on any atom is -0.321 e. The third kappa shape index (κ3) is 4.18. The number of benzene rings is 2. The molecule has 3 rings (SSSR count).